The normalized spacial score (nSPS) is 25.9. The van der Waals surface area contributed by atoms with Gasteiger partial charge in [0.05, 0.1) is 0 Å². The monoisotopic (exact) mass is 267 g/mol. The Kier molecular flexibility index (Phi) is 5.07. The highest BCUT2D eigenvalue weighted by Crippen LogP contribution is 2.29. The van der Waals surface area contributed by atoms with Crippen LogP contribution in [0.4, 0.5) is 4.39 Å². The molecule has 0 bridgehead atoms. The van der Waals surface area contributed by atoms with Gasteiger partial charge in [-0.25, -0.2) is 4.39 Å². The summed E-state index contributed by atoms with van der Waals surface area (Å²) in [4.78, 5) is 0. The largest absolute Gasteiger partial charge is 0.310 e. The van der Waals surface area contributed by atoms with Gasteiger partial charge in [0.1, 0.15) is 5.82 Å². The van der Waals surface area contributed by atoms with Crippen LogP contribution in [0, 0.1) is 11.7 Å². The number of nitrogens with one attached hydrogen (secondary N) is 1. The molecule has 0 radical (unpaired) electrons. The van der Waals surface area contributed by atoms with Crippen LogP contribution in [0.3, 0.4) is 0 Å². The van der Waals surface area contributed by atoms with Gasteiger partial charge >= 0.3 is 0 Å². The molecule has 1 aromatic rings. The Hall–Kier alpha value is -0.540. The topological polar surface area (TPSA) is 12.0 Å². The third-order valence-corrected chi connectivity index (χ3v) is 4.38. The molecule has 0 amide bonds. The number of halogens is 1. The number of hydrogen-bond acceptors (Lipinski definition) is 2. The number of hydrogen-bond donors (Lipinski definition) is 2. The van der Waals surface area contributed by atoms with Crippen LogP contribution in [0.5, 0.6) is 0 Å². The Balaban J connectivity index is 1.74. The van der Waals surface area contributed by atoms with Gasteiger partial charge in [0.25, 0.3) is 0 Å². The Bertz CT molecular complexity index is 355. The molecular weight excluding hydrogens is 245 g/mol. The molecule has 3 heteroatoms. The summed E-state index contributed by atoms with van der Waals surface area (Å²) >= 11 is 4.53. The summed E-state index contributed by atoms with van der Waals surface area (Å²) in [5.74, 6) is 0.610. The Morgan fingerprint density at radius 2 is 1.83 bits per heavy atom. The molecule has 1 fully saturated rings. The molecule has 1 unspecified atom stereocenters. The standard InChI is InChI=1S/C15H22FNS/c1-11(18)13-4-8-15(9-5-13)17-10-12-2-6-14(16)7-3-12/h2-3,6-7,11,13,15,17-18H,4-5,8-10H2,1H3. The molecule has 1 N–H and O–H groups in total. The molecule has 2 rings (SSSR count). The van der Waals surface area contributed by atoms with E-state index in [0.717, 1.165) is 18.0 Å². The molecular formula is C15H22FNS. The van der Waals surface area contributed by atoms with Crippen LogP contribution in [-0.2, 0) is 6.54 Å². The van der Waals surface area contributed by atoms with Crippen molar-refractivity contribution in [1.82, 2.24) is 5.32 Å². The first-order valence-corrected chi connectivity index (χ1v) is 7.32. The van der Waals surface area contributed by atoms with Crippen molar-refractivity contribution in [2.75, 3.05) is 0 Å². The van der Waals surface area contributed by atoms with Crippen molar-refractivity contribution in [3.63, 3.8) is 0 Å². The molecule has 0 aromatic heterocycles. The minimum Gasteiger partial charge on any atom is -0.310 e. The van der Waals surface area contributed by atoms with Crippen LogP contribution in [0.2, 0.25) is 0 Å². The van der Waals surface area contributed by atoms with Crippen molar-refractivity contribution in [1.29, 1.82) is 0 Å². The summed E-state index contributed by atoms with van der Waals surface area (Å²) in [6.07, 6.45) is 5.00. The SMILES string of the molecule is CC(S)C1CCC(NCc2ccc(F)cc2)CC1. The number of thiol groups is 1. The van der Waals surface area contributed by atoms with Crippen molar-refractivity contribution >= 4 is 12.6 Å². The van der Waals surface area contributed by atoms with Gasteiger partial charge in [-0.05, 0) is 49.3 Å². The Morgan fingerprint density at radius 3 is 2.39 bits per heavy atom. The first-order chi connectivity index (χ1) is 8.65. The lowest BCUT2D eigenvalue weighted by molar-refractivity contribution is 0.290. The van der Waals surface area contributed by atoms with E-state index in [-0.39, 0.29) is 5.82 Å². The molecule has 1 aliphatic carbocycles. The summed E-state index contributed by atoms with van der Waals surface area (Å²) in [5.41, 5.74) is 1.15. The molecule has 0 heterocycles. The van der Waals surface area contributed by atoms with Gasteiger partial charge < -0.3 is 5.32 Å². The third-order valence-electron chi connectivity index (χ3n) is 3.96. The van der Waals surface area contributed by atoms with Crippen molar-refractivity contribution in [2.45, 2.75) is 50.4 Å². The molecule has 1 aromatic carbocycles. The van der Waals surface area contributed by atoms with Gasteiger partial charge in [-0.2, -0.15) is 12.6 Å². The third kappa shape index (κ3) is 3.99. The molecule has 1 saturated carbocycles. The lowest BCUT2D eigenvalue weighted by Gasteiger charge is -2.31. The fourth-order valence-electron chi connectivity index (χ4n) is 2.67. The van der Waals surface area contributed by atoms with Crippen LogP contribution in [-0.4, -0.2) is 11.3 Å². The van der Waals surface area contributed by atoms with E-state index in [9.17, 15) is 4.39 Å². The Labute approximate surface area is 115 Å². The zero-order valence-electron chi connectivity index (χ0n) is 10.9. The van der Waals surface area contributed by atoms with E-state index in [1.165, 1.54) is 37.8 Å². The average Bonchev–Trinajstić information content (AvgIpc) is 2.38. The van der Waals surface area contributed by atoms with Gasteiger partial charge in [-0.3, -0.25) is 0 Å². The molecule has 0 spiro atoms. The predicted molar refractivity (Wildman–Crippen MR) is 77.4 cm³/mol. The molecule has 1 nitrogen and oxygen atoms in total. The second-order valence-electron chi connectivity index (χ2n) is 5.36. The van der Waals surface area contributed by atoms with Gasteiger partial charge in [0, 0.05) is 17.8 Å². The van der Waals surface area contributed by atoms with Gasteiger partial charge in [0.15, 0.2) is 0 Å². The zero-order valence-corrected chi connectivity index (χ0v) is 11.8. The first-order valence-electron chi connectivity index (χ1n) is 6.81. The van der Waals surface area contributed by atoms with Crippen molar-refractivity contribution in [3.05, 3.63) is 35.6 Å². The zero-order chi connectivity index (χ0) is 13.0. The average molecular weight is 267 g/mol. The first kappa shape index (κ1) is 13.9. The van der Waals surface area contributed by atoms with Gasteiger partial charge in [0.2, 0.25) is 0 Å². The van der Waals surface area contributed by atoms with Gasteiger partial charge in [-0.15, -0.1) is 0 Å². The van der Waals surface area contributed by atoms with Crippen LogP contribution in [0.1, 0.15) is 38.2 Å². The Morgan fingerprint density at radius 1 is 1.22 bits per heavy atom. The van der Waals surface area contributed by atoms with E-state index >= 15 is 0 Å². The minimum atomic E-state index is -0.165. The summed E-state index contributed by atoms with van der Waals surface area (Å²) in [5, 5.41) is 4.09. The van der Waals surface area contributed by atoms with E-state index in [1.807, 2.05) is 12.1 Å². The molecule has 0 aliphatic heterocycles. The van der Waals surface area contributed by atoms with Crippen LogP contribution in [0.25, 0.3) is 0 Å². The maximum absolute atomic E-state index is 12.8. The quantitative estimate of drug-likeness (QED) is 0.791. The minimum absolute atomic E-state index is 0.165. The molecule has 1 aliphatic rings. The second-order valence-corrected chi connectivity index (χ2v) is 6.17. The summed E-state index contributed by atoms with van der Waals surface area (Å²) in [6.45, 7) is 3.03. The number of benzene rings is 1. The van der Waals surface area contributed by atoms with E-state index in [2.05, 4.69) is 24.9 Å². The second kappa shape index (κ2) is 6.58. The van der Waals surface area contributed by atoms with E-state index < -0.39 is 0 Å². The molecule has 100 valence electrons. The van der Waals surface area contributed by atoms with Crippen molar-refractivity contribution < 1.29 is 4.39 Å². The van der Waals surface area contributed by atoms with Crippen molar-refractivity contribution in [2.24, 2.45) is 5.92 Å². The molecule has 18 heavy (non-hydrogen) atoms. The summed E-state index contributed by atoms with van der Waals surface area (Å²) < 4.78 is 12.8. The fraction of sp³-hybridized carbons (Fsp3) is 0.600. The van der Waals surface area contributed by atoms with E-state index in [4.69, 9.17) is 0 Å². The highest BCUT2D eigenvalue weighted by Gasteiger charge is 2.23. The highest BCUT2D eigenvalue weighted by atomic mass is 32.1. The number of rotatable bonds is 4. The lowest BCUT2D eigenvalue weighted by Crippen LogP contribution is -2.34. The van der Waals surface area contributed by atoms with Crippen LogP contribution < -0.4 is 5.32 Å². The maximum atomic E-state index is 12.8. The van der Waals surface area contributed by atoms with E-state index in [0.29, 0.717) is 11.3 Å². The summed E-state index contributed by atoms with van der Waals surface area (Å²) in [7, 11) is 0. The smallest absolute Gasteiger partial charge is 0.123 e. The van der Waals surface area contributed by atoms with Crippen molar-refractivity contribution in [3.8, 4) is 0 Å². The fourth-order valence-corrected chi connectivity index (χ4v) is 2.97. The lowest BCUT2D eigenvalue weighted by atomic mass is 9.84. The van der Waals surface area contributed by atoms with Crippen LogP contribution in [0.15, 0.2) is 24.3 Å². The highest BCUT2D eigenvalue weighted by molar-refractivity contribution is 7.80. The summed E-state index contributed by atoms with van der Waals surface area (Å²) in [6, 6.07) is 7.36. The maximum Gasteiger partial charge on any atom is 0.123 e. The van der Waals surface area contributed by atoms with Gasteiger partial charge in [-0.1, -0.05) is 19.1 Å². The van der Waals surface area contributed by atoms with Crippen LogP contribution >= 0.6 is 12.6 Å². The van der Waals surface area contributed by atoms with E-state index in [1.54, 1.807) is 0 Å². The predicted octanol–water partition coefficient (Wildman–Crippen LogP) is 3.79. The molecule has 1 atom stereocenters. The molecule has 0 saturated heterocycles.